The molecule has 2 aromatic rings. The van der Waals surface area contributed by atoms with Crippen molar-refractivity contribution in [2.75, 3.05) is 26.7 Å². The third-order valence-corrected chi connectivity index (χ3v) is 8.35. The van der Waals surface area contributed by atoms with Gasteiger partial charge in [-0.3, -0.25) is 14.4 Å². The van der Waals surface area contributed by atoms with Crippen molar-refractivity contribution >= 4 is 29.9 Å². The van der Waals surface area contributed by atoms with E-state index in [9.17, 15) is 49.5 Å². The van der Waals surface area contributed by atoms with Gasteiger partial charge >= 0.3 is 12.2 Å². The molecule has 0 saturated heterocycles. The summed E-state index contributed by atoms with van der Waals surface area (Å²) in [5, 5.41) is 59.8. The Bertz CT molecular complexity index is 1640. The topological polar surface area (TPSA) is 238 Å². The highest BCUT2D eigenvalue weighted by atomic mass is 16.6. The van der Waals surface area contributed by atoms with E-state index in [1.54, 1.807) is 65.8 Å². The Morgan fingerprint density at radius 1 is 0.923 bits per heavy atom. The molecule has 5 amide bonds. The number of phenols is 2. The van der Waals surface area contributed by atoms with Gasteiger partial charge in [-0.15, -0.1) is 0 Å². The smallest absolute Gasteiger partial charge is 0.408 e. The molecular weight excluding hydrogens is 678 g/mol. The average Bonchev–Trinajstić information content (AvgIpc) is 3.02. The molecule has 0 aliphatic carbocycles. The Morgan fingerprint density at radius 2 is 1.48 bits per heavy atom. The van der Waals surface area contributed by atoms with Crippen LogP contribution in [-0.4, -0.2) is 127 Å². The molecular formula is C36H51N5O11. The van der Waals surface area contributed by atoms with E-state index >= 15 is 0 Å². The molecule has 0 fully saturated rings. The van der Waals surface area contributed by atoms with Gasteiger partial charge in [-0.2, -0.15) is 0 Å². The third-order valence-electron chi connectivity index (χ3n) is 8.35. The molecule has 0 unspecified atom stereocenters. The predicted octanol–water partition coefficient (Wildman–Crippen LogP) is 1.71. The van der Waals surface area contributed by atoms with Gasteiger partial charge in [0.1, 0.15) is 35.2 Å². The normalized spacial score (nSPS) is 18.8. The first kappa shape index (κ1) is 41.3. The van der Waals surface area contributed by atoms with Gasteiger partial charge in [-0.05, 0) is 88.1 Å². The lowest BCUT2D eigenvalue weighted by Crippen LogP contribution is -2.59. The number of β-amino-alcohol motifs (C(OH)–C–C–N with tert-alkyl or cyclic N) is 1. The predicted molar refractivity (Wildman–Crippen MR) is 189 cm³/mol. The highest BCUT2D eigenvalue weighted by molar-refractivity contribution is 5.94. The van der Waals surface area contributed by atoms with Gasteiger partial charge in [-0.1, -0.05) is 12.1 Å². The van der Waals surface area contributed by atoms with Crippen LogP contribution < -0.4 is 16.0 Å². The van der Waals surface area contributed by atoms with E-state index in [0.29, 0.717) is 11.1 Å². The van der Waals surface area contributed by atoms with Crippen molar-refractivity contribution in [2.24, 2.45) is 0 Å². The number of nitrogens with zero attached hydrogens (tertiary/aromatic N) is 2. The number of phenolic OH excluding ortho intramolecular Hbond substituents is 2. The van der Waals surface area contributed by atoms with Crippen molar-refractivity contribution in [2.45, 2.75) is 96.2 Å². The second-order valence-electron chi connectivity index (χ2n) is 14.9. The second kappa shape index (κ2) is 17.0. The number of aliphatic hydroxyl groups is 2. The number of carboxylic acid groups (broad SMARTS) is 1. The van der Waals surface area contributed by atoms with Gasteiger partial charge in [-0.25, -0.2) is 9.59 Å². The maximum atomic E-state index is 14.1. The summed E-state index contributed by atoms with van der Waals surface area (Å²) in [6.07, 6.45) is -4.83. The summed E-state index contributed by atoms with van der Waals surface area (Å²) in [6, 6.07) is 4.86. The van der Waals surface area contributed by atoms with Crippen molar-refractivity contribution in [1.82, 2.24) is 25.8 Å². The van der Waals surface area contributed by atoms with Crippen LogP contribution in [0.2, 0.25) is 0 Å². The van der Waals surface area contributed by atoms with Crippen LogP contribution in [0.4, 0.5) is 9.59 Å². The molecule has 0 aromatic heterocycles. The van der Waals surface area contributed by atoms with E-state index in [2.05, 4.69) is 16.0 Å². The molecule has 0 radical (unpaired) electrons. The van der Waals surface area contributed by atoms with Crippen molar-refractivity contribution in [3.63, 3.8) is 0 Å². The van der Waals surface area contributed by atoms with Gasteiger partial charge in [0.05, 0.1) is 19.3 Å². The van der Waals surface area contributed by atoms with Crippen LogP contribution in [0.5, 0.6) is 11.5 Å². The second-order valence-corrected chi connectivity index (χ2v) is 14.9. The molecule has 4 atom stereocenters. The maximum absolute atomic E-state index is 14.1. The lowest BCUT2D eigenvalue weighted by atomic mass is 9.95. The minimum atomic E-state index is -1.59. The Kier molecular flexibility index (Phi) is 13.5. The minimum absolute atomic E-state index is 0.0811. The number of carbonyl (C=O) groups excluding carboxylic acids is 4. The molecule has 0 saturated carbocycles. The molecule has 0 spiro atoms. The van der Waals surface area contributed by atoms with E-state index < -0.39 is 78.2 Å². The number of fused-ring (bicyclic) bond motifs is 5. The Labute approximate surface area is 302 Å². The minimum Gasteiger partial charge on any atom is -0.508 e. The number of benzene rings is 2. The van der Waals surface area contributed by atoms with E-state index in [-0.39, 0.29) is 48.6 Å². The lowest BCUT2D eigenvalue weighted by Gasteiger charge is -2.35. The standard InChI is InChI=1S/C36H51N5O11/c1-35(2,3)41(34(50)51)19-24(43)18-26-31(47)38-27(32(48)40(7)12-13-42)17-23-15-21(9-11-29(23)45)20-8-10-28(44)22(14-20)16-25(30(46)37-26)39-33(49)52-36(4,5)6/h8-11,14-15,24-27,42-45H,12-13,16-19H2,1-7H3,(H,37,46)(H,38,47)(H,39,49)(H,50,51)/t24-,25+,26+,27+/m1/s1. The first-order valence-corrected chi connectivity index (χ1v) is 16.9. The molecule has 1 aliphatic rings. The fraction of sp³-hybridized carbons (Fsp3) is 0.528. The summed E-state index contributed by atoms with van der Waals surface area (Å²) < 4.78 is 5.38. The zero-order chi connectivity index (χ0) is 39.1. The van der Waals surface area contributed by atoms with Crippen LogP contribution in [0, 0.1) is 0 Å². The summed E-state index contributed by atoms with van der Waals surface area (Å²) >= 11 is 0. The monoisotopic (exact) mass is 729 g/mol. The number of ether oxygens (including phenoxy) is 1. The van der Waals surface area contributed by atoms with Crippen LogP contribution >= 0.6 is 0 Å². The summed E-state index contributed by atoms with van der Waals surface area (Å²) in [4.78, 5) is 68.9. The van der Waals surface area contributed by atoms with Gasteiger partial charge in [0, 0.05) is 38.4 Å². The molecule has 52 heavy (non-hydrogen) atoms. The first-order chi connectivity index (χ1) is 24.1. The van der Waals surface area contributed by atoms with Crippen LogP contribution in [0.3, 0.4) is 0 Å². The number of aliphatic hydroxyl groups excluding tert-OH is 2. The molecule has 16 nitrogen and oxygen atoms in total. The number of nitrogens with one attached hydrogen (secondary N) is 3. The fourth-order valence-electron chi connectivity index (χ4n) is 5.65. The summed E-state index contributed by atoms with van der Waals surface area (Å²) in [7, 11) is 1.41. The van der Waals surface area contributed by atoms with E-state index in [0.717, 1.165) is 4.90 Å². The third kappa shape index (κ3) is 11.5. The number of hydrogen-bond acceptors (Lipinski definition) is 10. The number of aromatic hydroxyl groups is 2. The van der Waals surface area contributed by atoms with Gasteiger partial charge < -0.3 is 56.0 Å². The highest BCUT2D eigenvalue weighted by Crippen LogP contribution is 2.31. The zero-order valence-electron chi connectivity index (χ0n) is 30.6. The Morgan fingerprint density at radius 3 is 1.98 bits per heavy atom. The average molecular weight is 730 g/mol. The highest BCUT2D eigenvalue weighted by Gasteiger charge is 2.35. The Hall–Kier alpha value is -5.09. The fourth-order valence-corrected chi connectivity index (χ4v) is 5.65. The summed E-state index contributed by atoms with van der Waals surface area (Å²) in [5.74, 6) is -2.87. The first-order valence-electron chi connectivity index (χ1n) is 16.9. The van der Waals surface area contributed by atoms with E-state index in [1.165, 1.54) is 24.1 Å². The molecule has 3 rings (SSSR count). The van der Waals surface area contributed by atoms with Crippen LogP contribution in [0.15, 0.2) is 36.4 Å². The number of hydrogen-bond donors (Lipinski definition) is 8. The number of alkyl carbamates (subject to hydrolysis) is 1. The van der Waals surface area contributed by atoms with Crippen molar-refractivity contribution in [3.05, 3.63) is 47.5 Å². The largest absolute Gasteiger partial charge is 0.508 e. The SMILES string of the molecule is CN(CCO)C(=O)[C@@H]1Cc2cc(ccc2O)-c2ccc(O)c(c2)C[C@H](NC(=O)OC(C)(C)C)C(=O)N[C@@H](C[C@@H](O)CN(C(=O)O)C(C)(C)C)C(=O)N1. The quantitative estimate of drug-likeness (QED) is 0.195. The van der Waals surface area contributed by atoms with Gasteiger partial charge in [0.25, 0.3) is 0 Å². The Balaban J connectivity index is 2.18. The number of rotatable bonds is 8. The molecule has 286 valence electrons. The van der Waals surface area contributed by atoms with Crippen molar-refractivity contribution in [3.8, 4) is 22.6 Å². The van der Waals surface area contributed by atoms with Gasteiger partial charge in [0.2, 0.25) is 17.7 Å². The number of amides is 5. The van der Waals surface area contributed by atoms with Gasteiger partial charge in [0.15, 0.2) is 0 Å². The van der Waals surface area contributed by atoms with E-state index in [4.69, 9.17) is 4.74 Å². The molecule has 1 aliphatic heterocycles. The van der Waals surface area contributed by atoms with Crippen molar-refractivity contribution in [1.29, 1.82) is 0 Å². The molecule has 4 bridgehead atoms. The number of carbonyl (C=O) groups is 5. The summed E-state index contributed by atoms with van der Waals surface area (Å²) in [5.41, 5.74) is -0.254. The lowest BCUT2D eigenvalue weighted by molar-refractivity contribution is -0.137. The number of likely N-dealkylation sites (N-methyl/N-ethyl adjacent to an activating group) is 1. The molecule has 1 heterocycles. The maximum Gasteiger partial charge on any atom is 0.408 e. The van der Waals surface area contributed by atoms with Crippen molar-refractivity contribution < 1.29 is 54.2 Å². The summed E-state index contributed by atoms with van der Waals surface area (Å²) in [6.45, 7) is 8.83. The zero-order valence-corrected chi connectivity index (χ0v) is 30.6. The van der Waals surface area contributed by atoms with E-state index in [1.807, 2.05) is 0 Å². The van der Waals surface area contributed by atoms with Crippen LogP contribution in [0.25, 0.3) is 11.1 Å². The molecule has 8 N–H and O–H groups in total. The van der Waals surface area contributed by atoms with Crippen LogP contribution in [0.1, 0.15) is 59.1 Å². The molecule has 16 heteroatoms. The molecule has 2 aromatic carbocycles. The van der Waals surface area contributed by atoms with Crippen LogP contribution in [-0.2, 0) is 32.0 Å².